The van der Waals surface area contributed by atoms with Crippen LogP contribution in [-0.2, 0) is 27.8 Å². The van der Waals surface area contributed by atoms with Crippen molar-refractivity contribution >= 4 is 44.8 Å². The van der Waals surface area contributed by atoms with Gasteiger partial charge < -0.3 is 19.5 Å². The number of fused-ring (bicyclic) bond motifs is 1. The molecule has 0 unspecified atom stereocenters. The molecule has 0 saturated carbocycles. The van der Waals surface area contributed by atoms with Crippen molar-refractivity contribution < 1.29 is 27.8 Å². The molecule has 12 heteroatoms. The maximum Gasteiger partial charge on any atom is 0.261 e. The lowest BCUT2D eigenvalue weighted by Gasteiger charge is -2.34. The summed E-state index contributed by atoms with van der Waals surface area (Å²) in [7, 11) is -0.419. The quantitative estimate of drug-likeness (QED) is 0.315. The van der Waals surface area contributed by atoms with Crippen LogP contribution in [0.5, 0.6) is 11.5 Å². The fourth-order valence-electron chi connectivity index (χ4n) is 5.00. The van der Waals surface area contributed by atoms with E-state index in [1.807, 2.05) is 26.1 Å². The van der Waals surface area contributed by atoms with E-state index in [2.05, 4.69) is 9.62 Å². The average molecular weight is 651 g/mol. The van der Waals surface area contributed by atoms with Crippen LogP contribution in [0.4, 0.5) is 5.69 Å². The number of methoxy groups -OCH3 is 1. The van der Waals surface area contributed by atoms with Gasteiger partial charge in [0.15, 0.2) is 0 Å². The molecule has 1 aliphatic heterocycles. The smallest absolute Gasteiger partial charge is 0.261 e. The van der Waals surface area contributed by atoms with Gasteiger partial charge in [0, 0.05) is 36.8 Å². The lowest BCUT2D eigenvalue weighted by Crippen LogP contribution is -2.47. The summed E-state index contributed by atoms with van der Waals surface area (Å²) >= 11 is 12.3. The van der Waals surface area contributed by atoms with Gasteiger partial charge in [0.05, 0.1) is 41.1 Å². The first-order valence-corrected chi connectivity index (χ1v) is 16.1. The molecule has 0 saturated heterocycles. The highest BCUT2D eigenvalue weighted by Crippen LogP contribution is 2.31. The summed E-state index contributed by atoms with van der Waals surface area (Å²) in [6.07, 6.45) is -0.344. The van der Waals surface area contributed by atoms with E-state index in [4.69, 9.17) is 32.7 Å². The summed E-state index contributed by atoms with van der Waals surface area (Å²) in [4.78, 5) is 17.4. The van der Waals surface area contributed by atoms with Gasteiger partial charge >= 0.3 is 0 Å². The Morgan fingerprint density at radius 2 is 1.84 bits per heavy atom. The molecule has 232 valence electrons. The Kier molecular flexibility index (Phi) is 10.8. The highest BCUT2D eigenvalue weighted by Gasteiger charge is 2.31. The molecule has 2 N–H and O–H groups in total. The number of anilines is 1. The molecule has 3 aromatic carbocycles. The van der Waals surface area contributed by atoms with Gasteiger partial charge in [-0.05, 0) is 74.1 Å². The molecule has 0 fully saturated rings. The summed E-state index contributed by atoms with van der Waals surface area (Å²) < 4.78 is 40.5. The van der Waals surface area contributed by atoms with Crippen molar-refractivity contribution in [3.8, 4) is 11.5 Å². The maximum absolute atomic E-state index is 13.5. The Labute approximate surface area is 263 Å². The normalized spacial score (nSPS) is 18.2. The summed E-state index contributed by atoms with van der Waals surface area (Å²) in [5, 5.41) is 10.9. The Bertz CT molecular complexity index is 1540. The highest BCUT2D eigenvalue weighted by molar-refractivity contribution is 7.92. The van der Waals surface area contributed by atoms with Crippen LogP contribution in [0.25, 0.3) is 0 Å². The summed E-state index contributed by atoms with van der Waals surface area (Å²) in [5.41, 5.74) is 1.84. The molecule has 0 bridgehead atoms. The van der Waals surface area contributed by atoms with E-state index in [1.165, 1.54) is 19.2 Å². The Hall–Kier alpha value is -3.02. The zero-order valence-corrected chi connectivity index (χ0v) is 26.9. The topological polar surface area (TPSA) is 108 Å². The van der Waals surface area contributed by atoms with Gasteiger partial charge in [-0.2, -0.15) is 0 Å². The van der Waals surface area contributed by atoms with Crippen molar-refractivity contribution in [3.05, 3.63) is 81.8 Å². The number of aliphatic hydroxyl groups is 1. The second kappa shape index (κ2) is 14.2. The lowest BCUT2D eigenvalue weighted by molar-refractivity contribution is -0.134. The standard InChI is InChI=1S/C31H37Cl2N3O6S/c1-20-16-36(21(2)19-37)31(38)15-23-14-24(34-43(39,40)26-9-7-25(41-4)8-10-26)6-12-29(23)42-30(20)18-35(3)17-22-5-11-27(32)28(33)13-22/h5-14,20-21,30,34,37H,15-19H2,1-4H3/t20-,21+,30-/m0/s1. The van der Waals surface area contributed by atoms with E-state index in [-0.39, 0.29) is 35.9 Å². The highest BCUT2D eigenvalue weighted by atomic mass is 35.5. The van der Waals surface area contributed by atoms with E-state index in [1.54, 1.807) is 48.2 Å². The molecule has 1 aliphatic rings. The van der Waals surface area contributed by atoms with Crippen molar-refractivity contribution in [2.45, 2.75) is 43.9 Å². The van der Waals surface area contributed by atoms with E-state index in [9.17, 15) is 18.3 Å². The SMILES string of the molecule is COc1ccc(S(=O)(=O)Nc2ccc3c(c2)CC(=O)N([C@H](C)CO)C[C@H](C)[C@H](CN(C)Cc2ccc(Cl)c(Cl)c2)O3)cc1. The second-order valence-corrected chi connectivity index (χ2v) is 13.4. The first-order valence-electron chi connectivity index (χ1n) is 13.9. The molecular formula is C31H37Cl2N3O6S. The third-order valence-electron chi connectivity index (χ3n) is 7.47. The van der Waals surface area contributed by atoms with Crippen molar-refractivity contribution in [3.63, 3.8) is 0 Å². The van der Waals surface area contributed by atoms with Gasteiger partial charge in [0.1, 0.15) is 17.6 Å². The molecule has 43 heavy (non-hydrogen) atoms. The van der Waals surface area contributed by atoms with Crippen LogP contribution in [0.3, 0.4) is 0 Å². The molecular weight excluding hydrogens is 613 g/mol. The number of carbonyl (C=O) groups is 1. The van der Waals surface area contributed by atoms with Crippen LogP contribution >= 0.6 is 23.2 Å². The summed E-state index contributed by atoms with van der Waals surface area (Å²) in [6.45, 7) is 5.15. The van der Waals surface area contributed by atoms with Crippen LogP contribution in [-0.4, -0.2) is 75.2 Å². The molecule has 0 radical (unpaired) electrons. The van der Waals surface area contributed by atoms with Gasteiger partial charge in [-0.1, -0.05) is 36.2 Å². The Balaban J connectivity index is 1.62. The minimum Gasteiger partial charge on any atom is -0.497 e. The molecule has 4 rings (SSSR count). The Morgan fingerprint density at radius 1 is 1.12 bits per heavy atom. The zero-order chi connectivity index (χ0) is 31.3. The lowest BCUT2D eigenvalue weighted by atomic mass is 10.0. The zero-order valence-electron chi connectivity index (χ0n) is 24.6. The molecule has 0 aromatic heterocycles. The predicted octanol–water partition coefficient (Wildman–Crippen LogP) is 5.08. The number of halogens is 2. The van der Waals surface area contributed by atoms with Crippen LogP contribution < -0.4 is 14.2 Å². The van der Waals surface area contributed by atoms with Crippen molar-refractivity contribution in [1.82, 2.24) is 9.80 Å². The van der Waals surface area contributed by atoms with E-state index < -0.39 is 16.1 Å². The number of nitrogens with one attached hydrogen (secondary N) is 1. The largest absolute Gasteiger partial charge is 0.497 e. The molecule has 3 atom stereocenters. The first-order chi connectivity index (χ1) is 20.4. The number of hydrogen-bond acceptors (Lipinski definition) is 7. The number of carbonyl (C=O) groups excluding carboxylic acids is 1. The fraction of sp³-hybridized carbons (Fsp3) is 0.387. The third-order valence-corrected chi connectivity index (χ3v) is 9.60. The number of nitrogens with zero attached hydrogens (tertiary/aromatic N) is 2. The molecule has 9 nitrogen and oxygen atoms in total. The molecule has 3 aromatic rings. The monoisotopic (exact) mass is 649 g/mol. The molecule has 0 aliphatic carbocycles. The minimum absolute atomic E-state index is 0.0175. The number of ether oxygens (including phenoxy) is 2. The van der Waals surface area contributed by atoms with E-state index in [0.29, 0.717) is 52.4 Å². The van der Waals surface area contributed by atoms with Crippen molar-refractivity contribution in [2.24, 2.45) is 5.92 Å². The predicted molar refractivity (Wildman–Crippen MR) is 169 cm³/mol. The second-order valence-electron chi connectivity index (χ2n) is 10.9. The summed E-state index contributed by atoms with van der Waals surface area (Å²) in [6, 6.07) is 16.1. The maximum atomic E-state index is 13.5. The summed E-state index contributed by atoms with van der Waals surface area (Å²) in [5.74, 6) is 0.769. The van der Waals surface area contributed by atoms with Crippen molar-refractivity contribution in [1.29, 1.82) is 0 Å². The number of rotatable bonds is 10. The first kappa shape index (κ1) is 32.9. The number of aliphatic hydroxyl groups excluding tert-OH is 1. The molecule has 0 spiro atoms. The van der Waals surface area contributed by atoms with Crippen LogP contribution in [0.1, 0.15) is 25.0 Å². The molecule has 1 amide bonds. The fourth-order valence-corrected chi connectivity index (χ4v) is 6.37. The Morgan fingerprint density at radius 3 is 2.49 bits per heavy atom. The average Bonchev–Trinajstić information content (AvgIpc) is 3.01. The van der Waals surface area contributed by atoms with Crippen LogP contribution in [0, 0.1) is 5.92 Å². The van der Waals surface area contributed by atoms with Crippen LogP contribution in [0.15, 0.2) is 65.6 Å². The number of benzene rings is 3. The number of amides is 1. The number of likely N-dealkylation sites (N-methyl/N-ethyl adjacent to an activating group) is 1. The van der Waals surface area contributed by atoms with E-state index >= 15 is 0 Å². The van der Waals surface area contributed by atoms with Gasteiger partial charge in [-0.25, -0.2) is 8.42 Å². The van der Waals surface area contributed by atoms with Gasteiger partial charge in [0.25, 0.3) is 10.0 Å². The number of sulfonamides is 1. The third kappa shape index (κ3) is 8.33. The van der Waals surface area contributed by atoms with E-state index in [0.717, 1.165) is 5.56 Å². The molecule has 1 heterocycles. The van der Waals surface area contributed by atoms with Crippen LogP contribution in [0.2, 0.25) is 10.0 Å². The van der Waals surface area contributed by atoms with Gasteiger partial charge in [0.2, 0.25) is 5.91 Å². The van der Waals surface area contributed by atoms with Crippen molar-refractivity contribution in [2.75, 3.05) is 38.6 Å². The minimum atomic E-state index is -3.90. The van der Waals surface area contributed by atoms with Gasteiger partial charge in [-0.15, -0.1) is 0 Å². The number of hydrogen-bond donors (Lipinski definition) is 2. The van der Waals surface area contributed by atoms with Gasteiger partial charge in [-0.3, -0.25) is 14.4 Å².